The molecule has 0 aromatic carbocycles. The highest BCUT2D eigenvalue weighted by Crippen LogP contribution is 2.22. The molecule has 0 saturated carbocycles. The summed E-state index contributed by atoms with van der Waals surface area (Å²) >= 11 is 1.18. The van der Waals surface area contributed by atoms with Gasteiger partial charge in [-0.1, -0.05) is 0 Å². The molecule has 1 aromatic rings. The van der Waals surface area contributed by atoms with Crippen LogP contribution in [0.25, 0.3) is 0 Å². The van der Waals surface area contributed by atoms with Gasteiger partial charge in [0.25, 0.3) is 16.1 Å². The molecule has 2 saturated heterocycles. The SMILES string of the molecule is CC(=O)c1ccc(C(=O)N2CCN(S(=O)(=O)N3CC(C)OC(C)C3)CC2)s1. The summed E-state index contributed by atoms with van der Waals surface area (Å²) in [6, 6.07) is 3.31. The van der Waals surface area contributed by atoms with Crippen LogP contribution in [0.2, 0.25) is 0 Å². The van der Waals surface area contributed by atoms with Crippen molar-refractivity contribution >= 4 is 33.2 Å². The van der Waals surface area contributed by atoms with Gasteiger partial charge in [-0.2, -0.15) is 17.0 Å². The maximum atomic E-state index is 12.9. The average molecular weight is 416 g/mol. The fraction of sp³-hybridized carbons (Fsp3) is 0.647. The molecule has 0 aliphatic carbocycles. The summed E-state index contributed by atoms with van der Waals surface area (Å²) in [6.07, 6.45) is -0.276. The van der Waals surface area contributed by atoms with Gasteiger partial charge >= 0.3 is 0 Å². The fourth-order valence-corrected chi connectivity index (χ4v) is 6.02. The Balaban J connectivity index is 1.62. The van der Waals surface area contributed by atoms with Crippen molar-refractivity contribution in [2.24, 2.45) is 0 Å². The number of hydrogen-bond acceptors (Lipinski definition) is 6. The van der Waals surface area contributed by atoms with Crippen LogP contribution >= 0.6 is 11.3 Å². The maximum absolute atomic E-state index is 12.9. The third-order valence-corrected chi connectivity index (χ3v) is 7.87. The first-order valence-electron chi connectivity index (χ1n) is 8.99. The van der Waals surface area contributed by atoms with Crippen LogP contribution in [-0.2, 0) is 14.9 Å². The molecule has 1 amide bonds. The van der Waals surface area contributed by atoms with E-state index in [0.717, 1.165) is 0 Å². The lowest BCUT2D eigenvalue weighted by Crippen LogP contribution is -2.57. The molecule has 10 heteroatoms. The molecular weight excluding hydrogens is 390 g/mol. The molecule has 3 heterocycles. The first-order chi connectivity index (χ1) is 12.7. The molecule has 1 aromatic heterocycles. The van der Waals surface area contributed by atoms with Crippen molar-refractivity contribution in [1.29, 1.82) is 0 Å². The number of hydrogen-bond donors (Lipinski definition) is 0. The van der Waals surface area contributed by atoms with E-state index in [4.69, 9.17) is 4.74 Å². The maximum Gasteiger partial charge on any atom is 0.282 e. The lowest BCUT2D eigenvalue weighted by atomic mass is 10.3. The minimum Gasteiger partial charge on any atom is -0.373 e. The number of carbonyl (C=O) groups is 2. The van der Waals surface area contributed by atoms with Crippen molar-refractivity contribution in [3.05, 3.63) is 21.9 Å². The molecule has 150 valence electrons. The summed E-state index contributed by atoms with van der Waals surface area (Å²) in [5.74, 6) is -0.220. The topological polar surface area (TPSA) is 87.2 Å². The second kappa shape index (κ2) is 7.96. The number of amides is 1. The van der Waals surface area contributed by atoms with Crippen LogP contribution in [0.4, 0.5) is 0 Å². The molecule has 27 heavy (non-hydrogen) atoms. The van der Waals surface area contributed by atoms with E-state index in [9.17, 15) is 18.0 Å². The van der Waals surface area contributed by atoms with E-state index < -0.39 is 10.2 Å². The molecule has 0 spiro atoms. The number of rotatable bonds is 4. The Morgan fingerprint density at radius 2 is 1.56 bits per heavy atom. The van der Waals surface area contributed by atoms with Crippen LogP contribution in [0.3, 0.4) is 0 Å². The number of morpholine rings is 1. The summed E-state index contributed by atoms with van der Waals surface area (Å²) < 4.78 is 34.4. The van der Waals surface area contributed by atoms with Gasteiger partial charge in [0.05, 0.1) is 22.0 Å². The highest BCUT2D eigenvalue weighted by atomic mass is 32.2. The lowest BCUT2D eigenvalue weighted by Gasteiger charge is -2.40. The van der Waals surface area contributed by atoms with E-state index >= 15 is 0 Å². The Morgan fingerprint density at radius 3 is 2.07 bits per heavy atom. The number of Topliss-reactive ketones (excluding diaryl/α,β-unsaturated/α-hetero) is 1. The monoisotopic (exact) mass is 415 g/mol. The third-order valence-electron chi connectivity index (χ3n) is 4.73. The van der Waals surface area contributed by atoms with Gasteiger partial charge in [-0.3, -0.25) is 9.59 Å². The van der Waals surface area contributed by atoms with Crippen molar-refractivity contribution in [1.82, 2.24) is 13.5 Å². The summed E-state index contributed by atoms with van der Waals surface area (Å²) in [7, 11) is -3.57. The zero-order valence-corrected chi connectivity index (χ0v) is 17.4. The number of thiophene rings is 1. The van der Waals surface area contributed by atoms with Gasteiger partial charge in [0, 0.05) is 39.3 Å². The average Bonchev–Trinajstić information content (AvgIpc) is 3.11. The minimum absolute atomic E-state index is 0.0658. The Morgan fingerprint density at radius 1 is 1.00 bits per heavy atom. The summed E-state index contributed by atoms with van der Waals surface area (Å²) in [6.45, 7) is 7.08. The third kappa shape index (κ3) is 4.40. The van der Waals surface area contributed by atoms with Gasteiger partial charge in [0.15, 0.2) is 5.78 Å². The van der Waals surface area contributed by atoms with Crippen molar-refractivity contribution in [3.8, 4) is 0 Å². The van der Waals surface area contributed by atoms with Gasteiger partial charge in [0.2, 0.25) is 0 Å². The van der Waals surface area contributed by atoms with Crippen LogP contribution in [-0.4, -0.2) is 85.1 Å². The molecule has 2 atom stereocenters. The van der Waals surface area contributed by atoms with Gasteiger partial charge in [-0.25, -0.2) is 0 Å². The zero-order valence-electron chi connectivity index (χ0n) is 15.8. The van der Waals surface area contributed by atoms with E-state index in [1.54, 1.807) is 17.0 Å². The molecule has 2 unspecified atom stereocenters. The van der Waals surface area contributed by atoms with Crippen LogP contribution in [0.15, 0.2) is 12.1 Å². The molecule has 2 fully saturated rings. The molecule has 2 aliphatic rings. The predicted octanol–water partition coefficient (Wildman–Crippen LogP) is 1.06. The normalized spacial score (nSPS) is 25.5. The highest BCUT2D eigenvalue weighted by molar-refractivity contribution is 7.86. The van der Waals surface area contributed by atoms with E-state index in [2.05, 4.69) is 0 Å². The van der Waals surface area contributed by atoms with Crippen molar-refractivity contribution < 1.29 is 22.7 Å². The van der Waals surface area contributed by atoms with Crippen molar-refractivity contribution in [2.45, 2.75) is 33.0 Å². The molecule has 0 N–H and O–H groups in total. The van der Waals surface area contributed by atoms with Gasteiger partial charge in [0.1, 0.15) is 0 Å². The van der Waals surface area contributed by atoms with Crippen LogP contribution in [0, 0.1) is 0 Å². The van der Waals surface area contributed by atoms with E-state index in [1.165, 1.54) is 26.9 Å². The highest BCUT2D eigenvalue weighted by Gasteiger charge is 2.37. The van der Waals surface area contributed by atoms with Gasteiger partial charge in [-0.15, -0.1) is 11.3 Å². The first kappa shape index (κ1) is 20.4. The molecule has 2 aliphatic heterocycles. The smallest absolute Gasteiger partial charge is 0.282 e. The standard InChI is InChI=1S/C17H25N3O5S2/c1-12-10-20(11-13(2)25-12)27(23,24)19-8-6-18(7-9-19)17(22)16-5-4-15(26-16)14(3)21/h4-5,12-13H,6-11H2,1-3H3. The van der Waals surface area contributed by atoms with Gasteiger partial charge in [-0.05, 0) is 32.9 Å². The number of ether oxygens (including phenoxy) is 1. The second-order valence-corrected chi connectivity index (χ2v) is 10.0. The summed E-state index contributed by atoms with van der Waals surface area (Å²) in [5, 5.41) is 0. The second-order valence-electron chi connectivity index (χ2n) is 6.99. The van der Waals surface area contributed by atoms with Gasteiger partial charge < -0.3 is 9.64 Å². The quantitative estimate of drug-likeness (QED) is 0.687. The fourth-order valence-electron chi connectivity index (χ4n) is 3.40. The van der Waals surface area contributed by atoms with Crippen molar-refractivity contribution in [2.75, 3.05) is 39.3 Å². The molecule has 0 bridgehead atoms. The van der Waals surface area contributed by atoms with Crippen molar-refractivity contribution in [3.63, 3.8) is 0 Å². The Kier molecular flexibility index (Phi) is 6.02. The Hall–Kier alpha value is -1.33. The predicted molar refractivity (Wildman–Crippen MR) is 102 cm³/mol. The number of ketones is 1. The molecule has 0 radical (unpaired) electrons. The first-order valence-corrected chi connectivity index (χ1v) is 11.2. The number of carbonyl (C=O) groups excluding carboxylic acids is 2. The van der Waals surface area contributed by atoms with E-state index in [-0.39, 0.29) is 37.0 Å². The Labute approximate surface area is 163 Å². The minimum atomic E-state index is -3.57. The van der Waals surface area contributed by atoms with E-state index in [0.29, 0.717) is 35.9 Å². The molecular formula is C17H25N3O5S2. The van der Waals surface area contributed by atoms with Crippen LogP contribution in [0.5, 0.6) is 0 Å². The summed E-state index contributed by atoms with van der Waals surface area (Å²) in [4.78, 5) is 26.7. The molecule has 8 nitrogen and oxygen atoms in total. The lowest BCUT2D eigenvalue weighted by molar-refractivity contribution is -0.0457. The Bertz CT molecular complexity index is 804. The molecule has 3 rings (SSSR count). The number of piperazine rings is 1. The largest absolute Gasteiger partial charge is 0.373 e. The summed E-state index contributed by atoms with van der Waals surface area (Å²) in [5.41, 5.74) is 0. The van der Waals surface area contributed by atoms with Crippen LogP contribution < -0.4 is 0 Å². The van der Waals surface area contributed by atoms with Crippen LogP contribution in [0.1, 0.15) is 40.1 Å². The zero-order chi connectivity index (χ0) is 19.8. The number of nitrogens with zero attached hydrogens (tertiary/aromatic N) is 3. The van der Waals surface area contributed by atoms with E-state index in [1.807, 2.05) is 13.8 Å².